The Kier molecular flexibility index (Phi) is 7.31. The summed E-state index contributed by atoms with van der Waals surface area (Å²) < 4.78 is 30.4. The average molecular weight is 502 g/mol. The number of rotatable bonds is 5. The topological polar surface area (TPSA) is 56.5 Å². The van der Waals surface area contributed by atoms with Crippen LogP contribution in [0.25, 0.3) is 20.8 Å². The highest BCUT2D eigenvalue weighted by Crippen LogP contribution is 2.36. The van der Waals surface area contributed by atoms with Gasteiger partial charge in [-0.25, -0.2) is 18.0 Å². The molecule has 6 nitrogen and oxygen atoms in total. The molecule has 0 atom stereocenters. The van der Waals surface area contributed by atoms with Crippen LogP contribution in [0.2, 0.25) is 0 Å². The molecule has 0 N–H and O–H groups in total. The first kappa shape index (κ1) is 25.1. The van der Waals surface area contributed by atoms with Gasteiger partial charge in [0.05, 0.1) is 26.0 Å². The summed E-state index contributed by atoms with van der Waals surface area (Å²) in [6.07, 6.45) is 2.69. The standard InChI is InChI=1S/C26H37N4O2S2/c1-7-19-14-21(28(5)6)16-23-25(19)27-26-20(8-2)15-22(17-24(26)33-23)29-10-9-11-30(13-12-29)34(31,32)18(3)4/h14-18H,7-13H2,1-6H3/q+1. The smallest absolute Gasteiger partial charge is 0.216 e. The fourth-order valence-corrected chi connectivity index (χ4v) is 7.08. The molecule has 1 fully saturated rings. The molecular formula is C26H37N4O2S2+. The molecule has 0 unspecified atom stereocenters. The third-order valence-corrected chi connectivity index (χ3v) is 10.1. The highest BCUT2D eigenvalue weighted by atomic mass is 32.2. The first-order chi connectivity index (χ1) is 16.1. The number of sulfonamides is 1. The van der Waals surface area contributed by atoms with Crippen LogP contribution >= 0.6 is 11.3 Å². The van der Waals surface area contributed by atoms with E-state index in [1.807, 2.05) is 11.3 Å². The van der Waals surface area contributed by atoms with Gasteiger partial charge in [-0.05, 0) is 56.4 Å². The summed E-state index contributed by atoms with van der Waals surface area (Å²) in [6.45, 7) is 10.6. The van der Waals surface area contributed by atoms with Crippen molar-refractivity contribution in [2.24, 2.45) is 0 Å². The zero-order valence-electron chi connectivity index (χ0n) is 21.3. The van der Waals surface area contributed by atoms with Gasteiger partial charge >= 0.3 is 0 Å². The second-order valence-electron chi connectivity index (χ2n) is 9.55. The number of anilines is 1. The van der Waals surface area contributed by atoms with Crippen molar-refractivity contribution in [3.8, 4) is 10.6 Å². The lowest BCUT2D eigenvalue weighted by Gasteiger charge is -2.25. The summed E-state index contributed by atoms with van der Waals surface area (Å²) >= 11 is 1.81. The van der Waals surface area contributed by atoms with E-state index in [1.54, 1.807) is 18.2 Å². The Balaban J connectivity index is 1.79. The van der Waals surface area contributed by atoms with Gasteiger partial charge in [-0.2, -0.15) is 4.31 Å². The number of nitrogens with zero attached hydrogens (tertiary/aromatic N) is 4. The highest BCUT2D eigenvalue weighted by molar-refractivity contribution is 7.89. The number of aryl methyl sites for hydroxylation is 2. The Morgan fingerprint density at radius 2 is 1.74 bits per heavy atom. The van der Waals surface area contributed by atoms with E-state index >= 15 is 0 Å². The molecular weight excluding hydrogens is 464 g/mol. The van der Waals surface area contributed by atoms with Crippen LogP contribution in [0.3, 0.4) is 0 Å². The van der Waals surface area contributed by atoms with Crippen LogP contribution in [0.15, 0.2) is 24.3 Å². The minimum Gasteiger partial charge on any atom is -0.370 e. The fourth-order valence-electron chi connectivity index (χ4n) is 4.62. The van der Waals surface area contributed by atoms with E-state index in [0.717, 1.165) is 37.0 Å². The summed E-state index contributed by atoms with van der Waals surface area (Å²) in [5.41, 5.74) is 5.90. The Hall–Kier alpha value is -2.03. The Morgan fingerprint density at radius 1 is 1.00 bits per heavy atom. The molecule has 0 saturated carbocycles. The van der Waals surface area contributed by atoms with Crippen molar-refractivity contribution in [2.45, 2.75) is 52.2 Å². The highest BCUT2D eigenvalue weighted by Gasteiger charge is 2.28. The molecule has 184 valence electrons. The van der Waals surface area contributed by atoms with Gasteiger partial charge in [-0.15, -0.1) is 11.3 Å². The molecule has 0 bridgehead atoms. The molecule has 1 aliphatic carbocycles. The monoisotopic (exact) mass is 501 g/mol. The first-order valence-electron chi connectivity index (χ1n) is 12.3. The minimum atomic E-state index is -3.22. The third-order valence-electron chi connectivity index (χ3n) is 6.77. The zero-order chi connectivity index (χ0) is 24.6. The number of hydrogen-bond acceptors (Lipinski definition) is 5. The third kappa shape index (κ3) is 4.72. The van der Waals surface area contributed by atoms with Crippen molar-refractivity contribution < 1.29 is 8.42 Å². The van der Waals surface area contributed by atoms with Crippen molar-refractivity contribution in [3.05, 3.63) is 40.7 Å². The maximum absolute atomic E-state index is 12.7. The summed E-state index contributed by atoms with van der Waals surface area (Å²) in [5, 5.41) is 0.820. The SMILES string of the molecule is CCc1cc(=[N+](C)C)cc2sc3cc(N4CCCN(S(=O)(=O)C(C)C)CC4)cc(CC)c3nc1-2. The Bertz CT molecular complexity index is 1340. The summed E-state index contributed by atoms with van der Waals surface area (Å²) in [4.78, 5) is 8.73. The Morgan fingerprint density at radius 3 is 2.38 bits per heavy atom. The fraction of sp³-hybridized carbons (Fsp3) is 0.538. The zero-order valence-corrected chi connectivity index (χ0v) is 22.9. The van der Waals surface area contributed by atoms with Crippen LogP contribution in [0.4, 0.5) is 5.69 Å². The van der Waals surface area contributed by atoms with Crippen molar-refractivity contribution >= 4 is 37.3 Å². The normalized spacial score (nSPS) is 15.9. The predicted octanol–water partition coefficient (Wildman–Crippen LogP) is 3.81. The molecule has 34 heavy (non-hydrogen) atoms. The first-order valence-corrected chi connectivity index (χ1v) is 14.6. The van der Waals surface area contributed by atoms with Crippen LogP contribution in [-0.2, 0) is 22.9 Å². The minimum absolute atomic E-state index is 0.382. The quantitative estimate of drug-likeness (QED) is 0.394. The summed E-state index contributed by atoms with van der Waals surface area (Å²) in [7, 11) is 0.933. The van der Waals surface area contributed by atoms with Crippen molar-refractivity contribution in [3.63, 3.8) is 0 Å². The number of aromatic nitrogens is 1. The Labute approximate surface area is 208 Å². The number of benzene rings is 2. The van der Waals surface area contributed by atoms with Crippen LogP contribution < -0.4 is 14.8 Å². The van der Waals surface area contributed by atoms with Gasteiger partial charge in [0.1, 0.15) is 14.1 Å². The van der Waals surface area contributed by atoms with Gasteiger partial charge in [0.15, 0.2) is 0 Å². The number of fused-ring (bicyclic) bond motifs is 2. The lowest BCUT2D eigenvalue weighted by atomic mass is 10.1. The maximum atomic E-state index is 12.7. The van der Waals surface area contributed by atoms with Gasteiger partial charge in [-0.1, -0.05) is 13.8 Å². The summed E-state index contributed by atoms with van der Waals surface area (Å²) in [5.74, 6) is 0. The summed E-state index contributed by atoms with van der Waals surface area (Å²) in [6, 6.07) is 9.01. The lowest BCUT2D eigenvalue weighted by Crippen LogP contribution is -2.39. The van der Waals surface area contributed by atoms with E-state index in [-0.39, 0.29) is 5.25 Å². The van der Waals surface area contributed by atoms with E-state index in [9.17, 15) is 8.42 Å². The molecule has 3 aliphatic rings. The van der Waals surface area contributed by atoms with E-state index in [0.29, 0.717) is 19.6 Å². The van der Waals surface area contributed by atoms with Gasteiger partial charge in [-0.3, -0.25) is 0 Å². The molecule has 0 aromatic heterocycles. The molecule has 0 amide bonds. The van der Waals surface area contributed by atoms with E-state index in [2.05, 4.69) is 61.7 Å². The van der Waals surface area contributed by atoms with Crippen LogP contribution in [0.5, 0.6) is 0 Å². The average Bonchev–Trinajstić information content (AvgIpc) is 3.08. The van der Waals surface area contributed by atoms with Gasteiger partial charge in [0, 0.05) is 44.0 Å². The van der Waals surface area contributed by atoms with Gasteiger partial charge < -0.3 is 4.90 Å². The van der Waals surface area contributed by atoms with Gasteiger partial charge in [0.25, 0.3) is 0 Å². The molecule has 4 rings (SSSR count). The molecule has 1 saturated heterocycles. The van der Waals surface area contributed by atoms with Crippen LogP contribution in [-0.4, -0.2) is 63.2 Å². The van der Waals surface area contributed by atoms with E-state index in [1.165, 1.54) is 31.7 Å². The largest absolute Gasteiger partial charge is 0.370 e. The molecule has 0 radical (unpaired) electrons. The molecule has 1 aromatic rings. The second-order valence-corrected chi connectivity index (χ2v) is 13.1. The molecule has 8 heteroatoms. The van der Waals surface area contributed by atoms with Gasteiger partial charge in [0.2, 0.25) is 15.4 Å². The van der Waals surface area contributed by atoms with Crippen molar-refractivity contribution in [2.75, 3.05) is 45.2 Å². The molecule has 0 spiro atoms. The van der Waals surface area contributed by atoms with Crippen LogP contribution in [0.1, 0.15) is 45.2 Å². The lowest BCUT2D eigenvalue weighted by molar-refractivity contribution is 0.427. The maximum Gasteiger partial charge on any atom is 0.216 e. The van der Waals surface area contributed by atoms with Crippen LogP contribution in [0, 0.1) is 0 Å². The molecule has 2 heterocycles. The van der Waals surface area contributed by atoms with Crippen molar-refractivity contribution in [1.29, 1.82) is 0 Å². The molecule has 2 aliphatic heterocycles. The van der Waals surface area contributed by atoms with E-state index in [4.69, 9.17) is 4.98 Å². The molecule has 1 aromatic carbocycles. The van der Waals surface area contributed by atoms with E-state index < -0.39 is 10.0 Å². The predicted molar refractivity (Wildman–Crippen MR) is 145 cm³/mol. The van der Waals surface area contributed by atoms with Crippen molar-refractivity contribution in [1.82, 2.24) is 13.9 Å². The second kappa shape index (κ2) is 9.91. The number of hydrogen-bond donors (Lipinski definition) is 0.